The Bertz CT molecular complexity index is 1740. The van der Waals surface area contributed by atoms with Crippen LogP contribution in [0, 0.1) is 5.92 Å². The van der Waals surface area contributed by atoms with Gasteiger partial charge in [0, 0.05) is 55.2 Å². The second-order valence-electron chi connectivity index (χ2n) is 13.0. The number of hydrogen-bond acceptors (Lipinski definition) is 8. The number of ether oxygens (including phenoxy) is 2. The highest BCUT2D eigenvalue weighted by Crippen LogP contribution is 2.57. The van der Waals surface area contributed by atoms with E-state index in [-0.39, 0.29) is 24.0 Å². The number of aromatic amines is 1. The molecule has 0 spiro atoms. The van der Waals surface area contributed by atoms with Gasteiger partial charge in [0.1, 0.15) is 29.8 Å². The highest BCUT2D eigenvalue weighted by Gasteiger charge is 2.58. The van der Waals surface area contributed by atoms with Gasteiger partial charge in [0.05, 0.1) is 11.3 Å². The number of nitrogens with zero attached hydrogens (tertiary/aromatic N) is 5. The SMILES string of the molecule is O=C(NC12CC(C1)C2)O[C@H]1C[C@@H](c2cc(Nc3nccc4nc(CN5CC(Oc6ccc(C(F)(F)F)cc6)C5)cn34)n[nH]2)C[C@H]1F. The molecule has 1 aliphatic heterocycles. The van der Waals surface area contributed by atoms with Gasteiger partial charge in [-0.25, -0.2) is 19.2 Å². The molecule has 3 aromatic heterocycles. The van der Waals surface area contributed by atoms with Crippen LogP contribution in [0.2, 0.25) is 0 Å². The van der Waals surface area contributed by atoms with E-state index in [2.05, 4.69) is 30.7 Å². The van der Waals surface area contributed by atoms with Crippen molar-refractivity contribution in [1.82, 2.24) is 34.8 Å². The van der Waals surface area contributed by atoms with Gasteiger partial charge in [-0.2, -0.15) is 18.3 Å². The van der Waals surface area contributed by atoms with Crippen LogP contribution in [0.1, 0.15) is 55.0 Å². The number of halogens is 4. The van der Waals surface area contributed by atoms with E-state index in [0.717, 1.165) is 48.7 Å². The summed E-state index contributed by atoms with van der Waals surface area (Å²) in [5, 5.41) is 13.5. The second-order valence-corrected chi connectivity index (χ2v) is 13.0. The third-order valence-electron chi connectivity index (χ3n) is 9.60. The summed E-state index contributed by atoms with van der Waals surface area (Å²) in [7, 11) is 0. The number of aromatic nitrogens is 5. The number of likely N-dealkylation sites (tertiary alicyclic amines) is 1. The molecule has 9 rings (SSSR count). The fourth-order valence-corrected chi connectivity index (χ4v) is 7.07. The summed E-state index contributed by atoms with van der Waals surface area (Å²) in [5.41, 5.74) is 1.43. The quantitative estimate of drug-likeness (QED) is 0.210. The molecule has 4 aromatic rings. The van der Waals surface area contributed by atoms with Gasteiger partial charge in [-0.1, -0.05) is 0 Å². The minimum atomic E-state index is -4.38. The fourth-order valence-electron chi connectivity index (χ4n) is 7.07. The number of hydrogen-bond donors (Lipinski definition) is 3. The molecule has 1 amide bonds. The third kappa shape index (κ3) is 5.60. The van der Waals surface area contributed by atoms with Gasteiger partial charge < -0.3 is 20.1 Å². The molecule has 0 radical (unpaired) electrons. The predicted molar refractivity (Wildman–Crippen MR) is 156 cm³/mol. The Morgan fingerprint density at radius 1 is 1.11 bits per heavy atom. The van der Waals surface area contributed by atoms with Gasteiger partial charge in [0.25, 0.3) is 0 Å². The Balaban J connectivity index is 0.847. The number of amides is 1. The van der Waals surface area contributed by atoms with Gasteiger partial charge in [-0.05, 0) is 68.4 Å². The molecule has 5 aliphatic rings. The molecule has 11 nitrogen and oxygen atoms in total. The van der Waals surface area contributed by atoms with Crippen LogP contribution in [-0.2, 0) is 17.5 Å². The van der Waals surface area contributed by atoms with Crippen LogP contribution in [-0.4, -0.2) is 72.6 Å². The number of H-pyrrole nitrogens is 1. The summed E-state index contributed by atoms with van der Waals surface area (Å²) in [6.45, 7) is 1.80. The van der Waals surface area contributed by atoms with Crippen LogP contribution >= 0.6 is 0 Å². The molecule has 4 aliphatic carbocycles. The van der Waals surface area contributed by atoms with E-state index < -0.39 is 30.1 Å². The van der Waals surface area contributed by atoms with Crippen LogP contribution in [0.3, 0.4) is 0 Å². The van der Waals surface area contributed by atoms with Crippen LogP contribution in [0.5, 0.6) is 5.75 Å². The number of anilines is 2. The van der Waals surface area contributed by atoms with Gasteiger partial charge in [-0.15, -0.1) is 0 Å². The highest BCUT2D eigenvalue weighted by molar-refractivity contribution is 5.69. The van der Waals surface area contributed by atoms with Crippen molar-refractivity contribution in [1.29, 1.82) is 0 Å². The van der Waals surface area contributed by atoms with Crippen LogP contribution < -0.4 is 15.4 Å². The van der Waals surface area contributed by atoms with E-state index in [1.165, 1.54) is 12.1 Å². The largest absolute Gasteiger partial charge is 0.488 e. The van der Waals surface area contributed by atoms with Crippen molar-refractivity contribution in [3.63, 3.8) is 0 Å². The fraction of sp³-hybridized carbons (Fsp3) is 0.484. The smallest absolute Gasteiger partial charge is 0.416 e. The Kier molecular flexibility index (Phi) is 6.85. The first-order valence-corrected chi connectivity index (χ1v) is 15.4. The van der Waals surface area contributed by atoms with E-state index >= 15 is 0 Å². The van der Waals surface area contributed by atoms with Crippen molar-refractivity contribution in [2.24, 2.45) is 5.92 Å². The number of fused-ring (bicyclic) bond motifs is 1. The number of benzene rings is 1. The van der Waals surface area contributed by atoms with Gasteiger partial charge in [0.15, 0.2) is 5.82 Å². The number of nitrogens with one attached hydrogen (secondary N) is 3. The number of alkyl carbamates (subject to hydrolysis) is 1. The van der Waals surface area contributed by atoms with Crippen LogP contribution in [0.15, 0.2) is 48.8 Å². The van der Waals surface area contributed by atoms with E-state index in [0.29, 0.717) is 49.2 Å². The number of carbonyl (C=O) groups is 1. The van der Waals surface area contributed by atoms with Crippen molar-refractivity contribution >= 4 is 23.5 Å². The van der Waals surface area contributed by atoms with E-state index in [4.69, 9.17) is 14.5 Å². The van der Waals surface area contributed by atoms with Crippen molar-refractivity contribution < 1.29 is 31.8 Å². The zero-order chi connectivity index (χ0) is 31.6. The van der Waals surface area contributed by atoms with E-state index in [1.807, 2.05) is 16.7 Å². The standard InChI is InChI=1S/C31H32F4N8O3/c32-23-7-18(8-25(23)46-29(44)39-30-10-17(11-30)12-30)24-9-26(41-40-24)38-28-36-6-5-27-37-20(14-43(27)28)13-42-15-22(16-42)45-21-3-1-19(2-4-21)31(33,34)35/h1-6,9,14,17-18,22-23,25H,7-8,10-13,15-16H2,(H,39,44)(H2,36,38,40,41)/t17?,18-,23+,25-,30?/m0/s1. The first-order chi connectivity index (χ1) is 22.1. The Morgan fingerprint density at radius 3 is 2.61 bits per heavy atom. The van der Waals surface area contributed by atoms with Crippen molar-refractivity contribution in [2.75, 3.05) is 18.4 Å². The molecule has 3 N–H and O–H groups in total. The first kappa shape index (κ1) is 29.0. The van der Waals surface area contributed by atoms with E-state index in [1.54, 1.807) is 12.3 Å². The number of imidazole rings is 1. The maximum Gasteiger partial charge on any atom is 0.416 e. The number of rotatable bonds is 9. The van der Waals surface area contributed by atoms with Crippen molar-refractivity contribution in [3.05, 3.63) is 65.7 Å². The van der Waals surface area contributed by atoms with Gasteiger partial charge in [0.2, 0.25) is 5.95 Å². The van der Waals surface area contributed by atoms with Crippen LogP contribution in [0.25, 0.3) is 5.65 Å². The average Bonchev–Trinajstić information content (AvgIpc) is 3.68. The number of carbonyl (C=O) groups excluding carboxylic acids is 1. The summed E-state index contributed by atoms with van der Waals surface area (Å²) in [6.07, 6.45) is 0.0372. The Morgan fingerprint density at radius 2 is 1.89 bits per heavy atom. The molecule has 15 heteroatoms. The summed E-state index contributed by atoms with van der Waals surface area (Å²) in [6, 6.07) is 8.33. The predicted octanol–water partition coefficient (Wildman–Crippen LogP) is 5.34. The maximum atomic E-state index is 14.8. The summed E-state index contributed by atoms with van der Waals surface area (Å²) in [4.78, 5) is 23.6. The monoisotopic (exact) mass is 640 g/mol. The summed E-state index contributed by atoms with van der Waals surface area (Å²) in [5.74, 6) is 1.97. The molecular weight excluding hydrogens is 608 g/mol. The normalized spacial score (nSPS) is 27.5. The number of alkyl halides is 4. The molecule has 1 aromatic carbocycles. The minimum absolute atomic E-state index is 0.115. The molecule has 2 bridgehead atoms. The van der Waals surface area contributed by atoms with Crippen LogP contribution in [0.4, 0.5) is 34.1 Å². The van der Waals surface area contributed by atoms with E-state index in [9.17, 15) is 22.4 Å². The molecule has 3 atom stereocenters. The molecule has 242 valence electrons. The molecule has 46 heavy (non-hydrogen) atoms. The van der Waals surface area contributed by atoms with Crippen molar-refractivity contribution in [2.45, 2.75) is 74.7 Å². The minimum Gasteiger partial charge on any atom is -0.488 e. The molecule has 5 fully saturated rings. The first-order valence-electron chi connectivity index (χ1n) is 15.4. The Hall–Kier alpha value is -4.40. The zero-order valence-corrected chi connectivity index (χ0v) is 24.6. The van der Waals surface area contributed by atoms with Gasteiger partial charge in [-0.3, -0.25) is 14.4 Å². The lowest BCUT2D eigenvalue weighted by molar-refractivity contribution is -0.137. The lowest BCUT2D eigenvalue weighted by atomic mass is 9.50. The third-order valence-corrected chi connectivity index (χ3v) is 9.60. The summed E-state index contributed by atoms with van der Waals surface area (Å²) >= 11 is 0. The second kappa shape index (κ2) is 10.9. The summed E-state index contributed by atoms with van der Waals surface area (Å²) < 4.78 is 66.3. The topological polar surface area (TPSA) is 122 Å². The molecule has 4 saturated carbocycles. The zero-order valence-electron chi connectivity index (χ0n) is 24.6. The Labute approximate surface area is 260 Å². The molecule has 0 unspecified atom stereocenters. The molecule has 1 saturated heterocycles. The molecule has 4 heterocycles. The highest BCUT2D eigenvalue weighted by atomic mass is 19.4. The van der Waals surface area contributed by atoms with Crippen molar-refractivity contribution in [3.8, 4) is 5.75 Å². The average molecular weight is 641 g/mol. The van der Waals surface area contributed by atoms with Gasteiger partial charge >= 0.3 is 12.3 Å². The molecular formula is C31H32F4N8O3. The lowest BCUT2D eigenvalue weighted by Crippen LogP contribution is -2.68. The maximum absolute atomic E-state index is 14.8. The lowest BCUT2D eigenvalue weighted by Gasteiger charge is -2.61.